The first-order chi connectivity index (χ1) is 10.9. The second kappa shape index (κ2) is 7.25. The van der Waals surface area contributed by atoms with Crippen molar-refractivity contribution in [3.8, 4) is 5.75 Å². The molecule has 1 aromatic carbocycles. The molecule has 2 aliphatic carbocycles. The third kappa shape index (κ3) is 3.57. The van der Waals surface area contributed by atoms with Gasteiger partial charge in [0.2, 0.25) is 0 Å². The number of hydrogen-bond donors (Lipinski definition) is 2. The quantitative estimate of drug-likeness (QED) is 0.723. The third-order valence-electron chi connectivity index (χ3n) is 6.18. The van der Waals surface area contributed by atoms with Crippen LogP contribution in [0.5, 0.6) is 5.75 Å². The summed E-state index contributed by atoms with van der Waals surface area (Å²) in [5.41, 5.74) is 2.95. The van der Waals surface area contributed by atoms with Crippen LogP contribution in [-0.4, -0.2) is 16.8 Å². The molecule has 4 atom stereocenters. The highest BCUT2D eigenvalue weighted by atomic mass is 16.3. The van der Waals surface area contributed by atoms with E-state index in [1.165, 1.54) is 30.4 Å². The van der Waals surface area contributed by atoms with E-state index in [2.05, 4.69) is 40.7 Å². The number of hydrogen-bond acceptors (Lipinski definition) is 2. The Bertz CT molecular complexity index is 521. The Morgan fingerprint density at radius 2 is 1.83 bits per heavy atom. The molecule has 0 amide bonds. The molecule has 1 aromatic rings. The van der Waals surface area contributed by atoms with Crippen molar-refractivity contribution in [3.05, 3.63) is 29.3 Å². The van der Waals surface area contributed by atoms with Crippen LogP contribution in [0.2, 0.25) is 0 Å². The molecule has 2 aliphatic rings. The van der Waals surface area contributed by atoms with Crippen molar-refractivity contribution in [2.75, 3.05) is 6.61 Å². The lowest BCUT2D eigenvalue weighted by molar-refractivity contribution is 0.0479. The van der Waals surface area contributed by atoms with Gasteiger partial charge in [0.25, 0.3) is 0 Å². The fraction of sp³-hybridized carbons (Fsp3) is 0.714. The van der Waals surface area contributed by atoms with Crippen LogP contribution in [0, 0.1) is 17.3 Å². The van der Waals surface area contributed by atoms with Crippen molar-refractivity contribution in [1.82, 2.24) is 0 Å². The summed E-state index contributed by atoms with van der Waals surface area (Å²) < 4.78 is 0. The number of benzene rings is 1. The van der Waals surface area contributed by atoms with Crippen molar-refractivity contribution in [2.24, 2.45) is 17.3 Å². The van der Waals surface area contributed by atoms with Gasteiger partial charge in [-0.1, -0.05) is 47.1 Å². The first kappa shape index (κ1) is 18.3. The Labute approximate surface area is 141 Å². The number of fused-ring (bicyclic) bond motifs is 3. The number of phenols is 1. The number of aliphatic hydroxyl groups is 1. The summed E-state index contributed by atoms with van der Waals surface area (Å²) >= 11 is 0. The third-order valence-corrected chi connectivity index (χ3v) is 6.18. The average Bonchev–Trinajstić information content (AvgIpc) is 2.51. The summed E-state index contributed by atoms with van der Waals surface area (Å²) in [6.07, 6.45) is 4.81. The van der Waals surface area contributed by atoms with Gasteiger partial charge in [-0.2, -0.15) is 0 Å². The molecule has 2 N–H and O–H groups in total. The van der Waals surface area contributed by atoms with Crippen molar-refractivity contribution >= 4 is 0 Å². The Balaban J connectivity index is 0.000000595. The van der Waals surface area contributed by atoms with Gasteiger partial charge in [-0.25, -0.2) is 0 Å². The summed E-state index contributed by atoms with van der Waals surface area (Å²) in [7, 11) is 0. The van der Waals surface area contributed by atoms with E-state index >= 15 is 0 Å². The molecule has 1 saturated carbocycles. The topological polar surface area (TPSA) is 40.5 Å². The maximum Gasteiger partial charge on any atom is 0.115 e. The van der Waals surface area contributed by atoms with Gasteiger partial charge in [0.15, 0.2) is 0 Å². The number of aromatic hydroxyl groups is 1. The van der Waals surface area contributed by atoms with E-state index in [4.69, 9.17) is 0 Å². The molecule has 0 bridgehead atoms. The molecule has 2 heteroatoms. The van der Waals surface area contributed by atoms with Gasteiger partial charge in [-0.15, -0.1) is 0 Å². The number of aliphatic hydroxyl groups excluding tert-OH is 1. The van der Waals surface area contributed by atoms with Crippen molar-refractivity contribution in [2.45, 2.75) is 72.1 Å². The van der Waals surface area contributed by atoms with Crippen LogP contribution in [0.4, 0.5) is 0 Å². The summed E-state index contributed by atoms with van der Waals surface area (Å²) in [6, 6.07) is 5.77. The van der Waals surface area contributed by atoms with Crippen LogP contribution in [0.25, 0.3) is 0 Å². The lowest BCUT2D eigenvalue weighted by Gasteiger charge is -2.51. The van der Waals surface area contributed by atoms with E-state index in [0.717, 1.165) is 6.42 Å². The predicted molar refractivity (Wildman–Crippen MR) is 96.9 cm³/mol. The van der Waals surface area contributed by atoms with E-state index in [0.29, 0.717) is 28.9 Å². The van der Waals surface area contributed by atoms with E-state index < -0.39 is 0 Å². The summed E-state index contributed by atoms with van der Waals surface area (Å²) in [5.74, 6) is 2.46. The first-order valence-corrected chi connectivity index (χ1v) is 9.29. The number of phenolic OH excluding ortho intramolecular Hbond substituents is 1. The van der Waals surface area contributed by atoms with Gasteiger partial charge < -0.3 is 10.2 Å². The van der Waals surface area contributed by atoms with Crippen LogP contribution in [-0.2, 0) is 0 Å². The molecule has 0 radical (unpaired) electrons. The molecule has 23 heavy (non-hydrogen) atoms. The smallest absolute Gasteiger partial charge is 0.115 e. The van der Waals surface area contributed by atoms with Gasteiger partial charge in [0, 0.05) is 12.5 Å². The molecular formula is C21H34O2. The molecule has 130 valence electrons. The Morgan fingerprint density at radius 3 is 2.43 bits per heavy atom. The van der Waals surface area contributed by atoms with Crippen molar-refractivity contribution in [3.63, 3.8) is 0 Å². The second-order valence-electron chi connectivity index (χ2n) is 8.22. The molecule has 3 rings (SSSR count). The molecule has 2 nitrogen and oxygen atoms in total. The lowest BCUT2D eigenvalue weighted by Crippen LogP contribution is -2.40. The molecule has 0 spiro atoms. The molecular weight excluding hydrogens is 284 g/mol. The molecule has 0 aromatic heterocycles. The Morgan fingerprint density at radius 1 is 1.17 bits per heavy atom. The van der Waals surface area contributed by atoms with Crippen LogP contribution in [0.15, 0.2) is 18.2 Å². The highest BCUT2D eigenvalue weighted by Crippen LogP contribution is 2.56. The van der Waals surface area contributed by atoms with Gasteiger partial charge in [-0.05, 0) is 65.7 Å². The molecule has 0 saturated heterocycles. The fourth-order valence-electron chi connectivity index (χ4n) is 4.53. The minimum atomic E-state index is 0.187. The van der Waals surface area contributed by atoms with Crippen LogP contribution in [0.3, 0.4) is 0 Å². The predicted octanol–water partition coefficient (Wildman–Crippen LogP) is 5.44. The largest absolute Gasteiger partial charge is 0.508 e. The van der Waals surface area contributed by atoms with Gasteiger partial charge in [0.05, 0.1) is 0 Å². The van der Waals surface area contributed by atoms with E-state index in [9.17, 15) is 10.2 Å². The lowest BCUT2D eigenvalue weighted by atomic mass is 9.54. The summed E-state index contributed by atoms with van der Waals surface area (Å²) in [5, 5.41) is 19.5. The van der Waals surface area contributed by atoms with E-state index in [1.807, 2.05) is 6.07 Å². The highest BCUT2D eigenvalue weighted by Gasteiger charge is 2.45. The zero-order chi connectivity index (χ0) is 17.2. The van der Waals surface area contributed by atoms with E-state index in [-0.39, 0.29) is 12.5 Å². The van der Waals surface area contributed by atoms with Crippen LogP contribution < -0.4 is 0 Å². The maximum atomic E-state index is 9.75. The molecule has 0 heterocycles. The first-order valence-electron chi connectivity index (χ1n) is 9.29. The van der Waals surface area contributed by atoms with Gasteiger partial charge in [-0.3, -0.25) is 0 Å². The second-order valence-corrected chi connectivity index (χ2v) is 8.22. The molecule has 0 aliphatic heterocycles. The van der Waals surface area contributed by atoms with E-state index in [1.54, 1.807) is 6.07 Å². The number of rotatable bonds is 1. The minimum absolute atomic E-state index is 0.187. The highest BCUT2D eigenvalue weighted by molar-refractivity contribution is 5.42. The Hall–Kier alpha value is -1.02. The standard InChI is InChI=1S/C18H26O2.C3H8/c1-11-16-8-12(10-19)17-9-13(20)4-5-14(17)15(16)6-7-18(11,2)3;1-3-2/h4-5,9,11-12,15-16,19-20H,6-8,10H2,1-3H3;3H2,1-2H3. The Kier molecular flexibility index (Phi) is 5.78. The SMILES string of the molecule is CC1C2CC(CO)c3cc(O)ccc3C2CCC1(C)C.CCC. The average molecular weight is 319 g/mol. The van der Waals surface area contributed by atoms with Crippen molar-refractivity contribution in [1.29, 1.82) is 0 Å². The van der Waals surface area contributed by atoms with Crippen molar-refractivity contribution < 1.29 is 10.2 Å². The normalized spacial score (nSPS) is 31.4. The van der Waals surface area contributed by atoms with Gasteiger partial charge in [0.1, 0.15) is 5.75 Å². The van der Waals surface area contributed by atoms with Crippen LogP contribution in [0.1, 0.15) is 83.3 Å². The fourth-order valence-corrected chi connectivity index (χ4v) is 4.53. The zero-order valence-corrected chi connectivity index (χ0v) is 15.5. The molecule has 1 fully saturated rings. The maximum absolute atomic E-state index is 9.75. The monoisotopic (exact) mass is 318 g/mol. The summed E-state index contributed by atoms with van der Waals surface area (Å²) in [4.78, 5) is 0. The molecule has 4 unspecified atom stereocenters. The minimum Gasteiger partial charge on any atom is -0.508 e. The van der Waals surface area contributed by atoms with Gasteiger partial charge >= 0.3 is 0 Å². The zero-order valence-electron chi connectivity index (χ0n) is 15.5. The summed E-state index contributed by atoms with van der Waals surface area (Å²) in [6.45, 7) is 11.6. The van der Waals surface area contributed by atoms with Crippen LogP contribution >= 0.6 is 0 Å².